The smallest absolute Gasteiger partial charge is 0.0540 e. The summed E-state index contributed by atoms with van der Waals surface area (Å²) in [5.41, 5.74) is 5.92. The lowest BCUT2D eigenvalue weighted by Gasteiger charge is -2.18. The van der Waals surface area contributed by atoms with E-state index in [0.717, 1.165) is 5.75 Å². The second kappa shape index (κ2) is 5.75. The van der Waals surface area contributed by atoms with Crippen molar-refractivity contribution < 1.29 is 5.11 Å². The zero-order chi connectivity index (χ0) is 10.6. The zero-order valence-electron chi connectivity index (χ0n) is 8.56. The Labute approximate surface area is 93.5 Å². The molecule has 0 aromatic carbocycles. The van der Waals surface area contributed by atoms with Crippen LogP contribution in [0.3, 0.4) is 0 Å². The van der Waals surface area contributed by atoms with Crippen LogP contribution in [0.2, 0.25) is 0 Å². The first-order valence-electron chi connectivity index (χ1n) is 4.69. The van der Waals surface area contributed by atoms with Crippen LogP contribution in [0.15, 0.2) is 12.1 Å². The summed E-state index contributed by atoms with van der Waals surface area (Å²) in [6.07, 6.45) is 0. The lowest BCUT2D eigenvalue weighted by Crippen LogP contribution is -2.22. The van der Waals surface area contributed by atoms with Crippen molar-refractivity contribution in [1.82, 2.24) is 0 Å². The van der Waals surface area contributed by atoms with Crippen molar-refractivity contribution >= 4 is 23.1 Å². The van der Waals surface area contributed by atoms with Crippen molar-refractivity contribution in [3.8, 4) is 0 Å². The summed E-state index contributed by atoms with van der Waals surface area (Å²) >= 11 is 3.52. The molecule has 1 aromatic rings. The van der Waals surface area contributed by atoms with E-state index in [0.29, 0.717) is 5.25 Å². The van der Waals surface area contributed by atoms with Gasteiger partial charge in [0.15, 0.2) is 0 Å². The average molecular weight is 231 g/mol. The van der Waals surface area contributed by atoms with E-state index >= 15 is 0 Å². The van der Waals surface area contributed by atoms with Crippen LogP contribution >= 0.6 is 23.1 Å². The minimum absolute atomic E-state index is 0.129. The van der Waals surface area contributed by atoms with Crippen molar-refractivity contribution in [3.63, 3.8) is 0 Å². The van der Waals surface area contributed by atoms with Gasteiger partial charge in [0.2, 0.25) is 0 Å². The molecule has 2 atom stereocenters. The van der Waals surface area contributed by atoms with Gasteiger partial charge in [0.25, 0.3) is 0 Å². The molecule has 14 heavy (non-hydrogen) atoms. The van der Waals surface area contributed by atoms with E-state index in [2.05, 4.69) is 19.1 Å². The summed E-state index contributed by atoms with van der Waals surface area (Å²) in [5.74, 6) is 0.753. The van der Waals surface area contributed by atoms with Gasteiger partial charge in [-0.05, 0) is 26.0 Å². The highest BCUT2D eigenvalue weighted by atomic mass is 32.2. The fourth-order valence-electron chi connectivity index (χ4n) is 1.28. The van der Waals surface area contributed by atoms with Gasteiger partial charge < -0.3 is 10.8 Å². The molecule has 80 valence electrons. The Kier molecular flexibility index (Phi) is 4.95. The van der Waals surface area contributed by atoms with E-state index in [1.807, 2.05) is 6.92 Å². The van der Waals surface area contributed by atoms with Gasteiger partial charge in [-0.3, -0.25) is 0 Å². The number of hydrogen-bond acceptors (Lipinski definition) is 4. The van der Waals surface area contributed by atoms with Crippen molar-refractivity contribution in [2.45, 2.75) is 25.1 Å². The molecule has 3 N–H and O–H groups in total. The number of aryl methyl sites for hydroxylation is 1. The Morgan fingerprint density at radius 1 is 1.57 bits per heavy atom. The summed E-state index contributed by atoms with van der Waals surface area (Å²) in [4.78, 5) is 2.63. The van der Waals surface area contributed by atoms with Gasteiger partial charge in [-0.15, -0.1) is 23.1 Å². The number of hydrogen-bond donors (Lipinski definition) is 2. The lowest BCUT2D eigenvalue weighted by molar-refractivity contribution is 0.322. The molecule has 0 bridgehead atoms. The molecule has 0 aliphatic carbocycles. The van der Waals surface area contributed by atoms with Gasteiger partial charge >= 0.3 is 0 Å². The molecular formula is C10H17NOS2. The summed E-state index contributed by atoms with van der Waals surface area (Å²) in [6, 6.07) is 4.39. The lowest BCUT2D eigenvalue weighted by atomic mass is 10.2. The van der Waals surface area contributed by atoms with Crippen molar-refractivity contribution in [2.24, 2.45) is 5.73 Å². The normalized spacial score (nSPS) is 15.4. The van der Waals surface area contributed by atoms with Crippen LogP contribution in [0.25, 0.3) is 0 Å². The van der Waals surface area contributed by atoms with Crippen molar-refractivity contribution in [1.29, 1.82) is 0 Å². The van der Waals surface area contributed by atoms with E-state index in [9.17, 15) is 0 Å². The average Bonchev–Trinajstić information content (AvgIpc) is 2.52. The number of nitrogens with two attached hydrogens (primary N) is 1. The number of thiophene rings is 1. The predicted octanol–water partition coefficient (Wildman–Crippen LogP) is 2.17. The van der Waals surface area contributed by atoms with Gasteiger partial charge in [0.1, 0.15) is 0 Å². The fourth-order valence-corrected chi connectivity index (χ4v) is 3.51. The number of thioether (sulfide) groups is 1. The molecule has 0 amide bonds. The molecule has 1 heterocycles. The first-order chi connectivity index (χ1) is 6.65. The predicted molar refractivity (Wildman–Crippen MR) is 65.0 cm³/mol. The molecule has 4 heteroatoms. The standard InChI is InChI=1S/C10H17NOS2/c1-7-3-4-9(14-7)10(8(2)11)13-6-5-12/h3-4,8,10,12H,5-6,11H2,1-2H3. The first-order valence-corrected chi connectivity index (χ1v) is 6.56. The second-order valence-electron chi connectivity index (χ2n) is 3.32. The first kappa shape index (κ1) is 12.0. The van der Waals surface area contributed by atoms with Crippen LogP contribution in [-0.4, -0.2) is 23.5 Å². The van der Waals surface area contributed by atoms with Crippen LogP contribution in [0.1, 0.15) is 21.9 Å². The van der Waals surface area contributed by atoms with Gasteiger partial charge in [-0.25, -0.2) is 0 Å². The van der Waals surface area contributed by atoms with Gasteiger partial charge in [0.05, 0.1) is 11.9 Å². The third-order valence-electron chi connectivity index (χ3n) is 1.91. The molecular weight excluding hydrogens is 214 g/mol. The fraction of sp³-hybridized carbons (Fsp3) is 0.600. The van der Waals surface area contributed by atoms with E-state index in [1.165, 1.54) is 9.75 Å². The molecule has 0 spiro atoms. The summed E-state index contributed by atoms with van der Waals surface area (Å²) in [5, 5.41) is 9.11. The molecule has 0 saturated heterocycles. The molecule has 0 fully saturated rings. The van der Waals surface area contributed by atoms with E-state index < -0.39 is 0 Å². The highest BCUT2D eigenvalue weighted by Gasteiger charge is 2.17. The maximum absolute atomic E-state index is 8.79. The third-order valence-corrected chi connectivity index (χ3v) is 4.60. The SMILES string of the molecule is Cc1ccc(C(SCCO)C(C)N)s1. The molecule has 0 aliphatic heterocycles. The number of aliphatic hydroxyl groups excluding tert-OH is 1. The van der Waals surface area contributed by atoms with Crippen molar-refractivity contribution in [2.75, 3.05) is 12.4 Å². The Balaban J connectivity index is 2.67. The van der Waals surface area contributed by atoms with Crippen LogP contribution in [0, 0.1) is 6.92 Å². The quantitative estimate of drug-likeness (QED) is 0.816. The minimum atomic E-state index is 0.129. The van der Waals surface area contributed by atoms with Crippen LogP contribution in [0.4, 0.5) is 0 Å². The Morgan fingerprint density at radius 2 is 2.29 bits per heavy atom. The molecule has 2 unspecified atom stereocenters. The highest BCUT2D eigenvalue weighted by Crippen LogP contribution is 2.35. The maximum Gasteiger partial charge on any atom is 0.0540 e. The largest absolute Gasteiger partial charge is 0.396 e. The molecule has 0 aliphatic rings. The molecule has 1 rings (SSSR count). The van der Waals surface area contributed by atoms with Crippen molar-refractivity contribution in [3.05, 3.63) is 21.9 Å². The van der Waals surface area contributed by atoms with Crippen LogP contribution in [-0.2, 0) is 0 Å². The Hall–Kier alpha value is -0.0300. The van der Waals surface area contributed by atoms with Gasteiger partial charge in [-0.2, -0.15) is 0 Å². The molecule has 0 radical (unpaired) electrons. The maximum atomic E-state index is 8.79. The van der Waals surface area contributed by atoms with Gasteiger partial charge in [-0.1, -0.05) is 0 Å². The zero-order valence-corrected chi connectivity index (χ0v) is 10.2. The summed E-state index contributed by atoms with van der Waals surface area (Å²) in [7, 11) is 0. The van der Waals surface area contributed by atoms with E-state index in [1.54, 1.807) is 23.1 Å². The van der Waals surface area contributed by atoms with Gasteiger partial charge in [0, 0.05) is 21.5 Å². The molecule has 1 aromatic heterocycles. The monoisotopic (exact) mass is 231 g/mol. The third kappa shape index (κ3) is 3.28. The Morgan fingerprint density at radius 3 is 2.71 bits per heavy atom. The molecule has 0 saturated carbocycles. The summed E-state index contributed by atoms with van der Waals surface area (Å²) < 4.78 is 0. The topological polar surface area (TPSA) is 46.2 Å². The van der Waals surface area contributed by atoms with E-state index in [-0.39, 0.29) is 12.6 Å². The summed E-state index contributed by atoms with van der Waals surface area (Å²) in [6.45, 7) is 4.34. The van der Waals surface area contributed by atoms with E-state index in [4.69, 9.17) is 10.8 Å². The number of aliphatic hydroxyl groups is 1. The highest BCUT2D eigenvalue weighted by molar-refractivity contribution is 7.99. The second-order valence-corrected chi connectivity index (χ2v) is 5.89. The molecule has 2 nitrogen and oxygen atoms in total. The Bertz CT molecular complexity index is 273. The number of rotatable bonds is 5. The minimum Gasteiger partial charge on any atom is -0.396 e. The van der Waals surface area contributed by atoms with Crippen LogP contribution < -0.4 is 5.73 Å². The van der Waals surface area contributed by atoms with Crippen LogP contribution in [0.5, 0.6) is 0 Å².